The van der Waals surface area contributed by atoms with Crippen molar-refractivity contribution in [2.24, 2.45) is 0 Å². The van der Waals surface area contributed by atoms with E-state index >= 15 is 0 Å². The molecule has 0 aliphatic carbocycles. The number of aromatic nitrogens is 4. The van der Waals surface area contributed by atoms with Crippen LogP contribution >= 0.6 is 0 Å². The number of halogens is 4. The van der Waals surface area contributed by atoms with Crippen LogP contribution in [0.25, 0.3) is 12.2 Å². The average Bonchev–Trinajstić information content (AvgIpc) is 3.53. The molecule has 0 aliphatic rings. The molecule has 1 unspecified atom stereocenters. The Balaban J connectivity index is 1.26. The van der Waals surface area contributed by atoms with Crippen molar-refractivity contribution in [2.75, 3.05) is 5.75 Å². The molecule has 12 heteroatoms. The van der Waals surface area contributed by atoms with Crippen molar-refractivity contribution < 1.29 is 30.9 Å². The lowest BCUT2D eigenvalue weighted by Crippen LogP contribution is -2.05. The third-order valence-electron chi connectivity index (χ3n) is 4.99. The molecule has 2 aromatic carbocycles. The summed E-state index contributed by atoms with van der Waals surface area (Å²) < 4.78 is 75.1. The number of aryl methyl sites for hydroxylation is 1. The molecule has 0 saturated heterocycles. The first-order valence-corrected chi connectivity index (χ1v) is 12.2. The van der Waals surface area contributed by atoms with Gasteiger partial charge in [0.05, 0.1) is 17.5 Å². The highest BCUT2D eigenvalue weighted by molar-refractivity contribution is 7.84. The molecule has 2 heterocycles. The van der Waals surface area contributed by atoms with E-state index in [0.29, 0.717) is 35.4 Å². The van der Waals surface area contributed by atoms with Gasteiger partial charge in [0, 0.05) is 40.4 Å². The fraction of sp³-hybridized carbons (Fsp3) is 0.208. The van der Waals surface area contributed by atoms with Gasteiger partial charge in [-0.25, -0.2) is 9.37 Å². The molecule has 188 valence electrons. The van der Waals surface area contributed by atoms with Gasteiger partial charge < -0.3 is 9.15 Å². The summed E-state index contributed by atoms with van der Waals surface area (Å²) in [5, 5.41) is 10.2. The molecule has 36 heavy (non-hydrogen) atoms. The van der Waals surface area contributed by atoms with Crippen molar-refractivity contribution in [2.45, 2.75) is 25.0 Å². The van der Waals surface area contributed by atoms with Crippen LogP contribution in [-0.2, 0) is 35.8 Å². The van der Waals surface area contributed by atoms with Gasteiger partial charge in [-0.2, -0.15) is 28.6 Å². The number of alkyl halides is 3. The summed E-state index contributed by atoms with van der Waals surface area (Å²) in [6, 6.07) is 9.47. The van der Waals surface area contributed by atoms with Crippen LogP contribution in [0.15, 0.2) is 59.3 Å². The van der Waals surface area contributed by atoms with Crippen LogP contribution in [0, 0.1) is 5.82 Å². The van der Waals surface area contributed by atoms with Gasteiger partial charge in [-0.15, -0.1) is 0 Å². The molecule has 1 atom stereocenters. The number of aromatic amines is 1. The van der Waals surface area contributed by atoms with Gasteiger partial charge in [-0.3, -0.25) is 4.21 Å². The Kier molecular flexibility index (Phi) is 7.93. The zero-order valence-electron chi connectivity index (χ0n) is 18.7. The van der Waals surface area contributed by atoms with Crippen LogP contribution in [-0.4, -0.2) is 30.4 Å². The van der Waals surface area contributed by atoms with E-state index in [1.54, 1.807) is 18.3 Å². The summed E-state index contributed by atoms with van der Waals surface area (Å²) in [5.41, 5.74) is 1.06. The number of nitrogens with one attached hydrogen (secondary N) is 1. The molecule has 4 rings (SSSR count). The van der Waals surface area contributed by atoms with E-state index in [-0.39, 0.29) is 18.1 Å². The lowest BCUT2D eigenvalue weighted by atomic mass is 10.1. The second kappa shape index (κ2) is 11.3. The topological polar surface area (TPSA) is 93.9 Å². The van der Waals surface area contributed by atoms with Crippen molar-refractivity contribution in [1.29, 1.82) is 0 Å². The van der Waals surface area contributed by atoms with Crippen molar-refractivity contribution in [3.8, 4) is 5.75 Å². The van der Waals surface area contributed by atoms with E-state index in [0.717, 1.165) is 23.4 Å². The van der Waals surface area contributed by atoms with E-state index in [1.807, 2.05) is 12.1 Å². The molecule has 1 N–H and O–H groups in total. The summed E-state index contributed by atoms with van der Waals surface area (Å²) in [4.78, 5) is 4.19. The van der Waals surface area contributed by atoms with Crippen LogP contribution in [0.4, 0.5) is 17.6 Å². The lowest BCUT2D eigenvalue weighted by Gasteiger charge is -2.07. The third kappa shape index (κ3) is 7.11. The van der Waals surface area contributed by atoms with Gasteiger partial charge in [0.15, 0.2) is 0 Å². The van der Waals surface area contributed by atoms with Crippen molar-refractivity contribution in [1.82, 2.24) is 20.4 Å². The maximum Gasteiger partial charge on any atom is 0.416 e. The Labute approximate surface area is 205 Å². The number of ether oxygens (including phenoxy) is 1. The Morgan fingerprint density at radius 1 is 1.08 bits per heavy atom. The number of benzene rings is 2. The standard InChI is InChI=1S/C24H20F4N4O3S/c25-22-11-18(24(26,27)28)5-3-17(22)4-8-23-30-20(14-35-23)13-34-21-6-1-16(2-7-21)15-36(33)10-9-19-12-29-32-31-19/h1-8,11-12,14H,9-10,13,15H2,(H,29,31,32). The van der Waals surface area contributed by atoms with Crippen LogP contribution < -0.4 is 4.74 Å². The number of oxazole rings is 1. The maximum atomic E-state index is 13.9. The fourth-order valence-corrected chi connectivity index (χ4v) is 4.27. The van der Waals surface area contributed by atoms with Crippen LogP contribution in [0.5, 0.6) is 5.75 Å². The molecule has 0 bridgehead atoms. The predicted molar refractivity (Wildman–Crippen MR) is 124 cm³/mol. The number of nitrogens with zero attached hydrogens (tertiary/aromatic N) is 3. The Hall–Kier alpha value is -3.80. The maximum absolute atomic E-state index is 13.9. The third-order valence-corrected chi connectivity index (χ3v) is 6.31. The van der Waals surface area contributed by atoms with Crippen molar-refractivity contribution in [3.63, 3.8) is 0 Å². The second-order valence-corrected chi connectivity index (χ2v) is 9.25. The Morgan fingerprint density at radius 2 is 1.89 bits per heavy atom. The summed E-state index contributed by atoms with van der Waals surface area (Å²) >= 11 is 0. The lowest BCUT2D eigenvalue weighted by molar-refractivity contribution is -0.137. The largest absolute Gasteiger partial charge is 0.487 e. The Bertz CT molecular complexity index is 1340. The van der Waals surface area contributed by atoms with Gasteiger partial charge in [0.25, 0.3) is 0 Å². The number of rotatable bonds is 10. The second-order valence-electron chi connectivity index (χ2n) is 7.68. The molecular formula is C24H20F4N4O3S. The summed E-state index contributed by atoms with van der Waals surface area (Å²) in [7, 11) is -1.04. The highest BCUT2D eigenvalue weighted by Crippen LogP contribution is 2.30. The average molecular weight is 521 g/mol. The molecule has 0 saturated carbocycles. The first-order valence-electron chi connectivity index (χ1n) is 10.7. The first kappa shape index (κ1) is 25.3. The Morgan fingerprint density at radius 3 is 2.58 bits per heavy atom. The monoisotopic (exact) mass is 520 g/mol. The fourth-order valence-electron chi connectivity index (χ4n) is 3.13. The quantitative estimate of drug-likeness (QED) is 0.289. The predicted octanol–water partition coefficient (Wildman–Crippen LogP) is 5.19. The SMILES string of the molecule is O=S(CCc1cn[nH]n1)Cc1ccc(OCc2coc(C=Cc3ccc(C(F)(F)F)cc3F)n2)cc1. The molecule has 0 fully saturated rings. The van der Waals surface area contributed by atoms with Crippen LogP contribution in [0.3, 0.4) is 0 Å². The molecule has 0 radical (unpaired) electrons. The van der Waals surface area contributed by atoms with Crippen LogP contribution in [0.2, 0.25) is 0 Å². The van der Waals surface area contributed by atoms with Gasteiger partial charge >= 0.3 is 6.18 Å². The molecule has 7 nitrogen and oxygen atoms in total. The number of H-pyrrole nitrogens is 1. The van der Waals surface area contributed by atoms with Gasteiger partial charge in [-0.1, -0.05) is 18.2 Å². The minimum Gasteiger partial charge on any atom is -0.487 e. The molecule has 0 aliphatic heterocycles. The van der Waals surface area contributed by atoms with Crippen molar-refractivity contribution in [3.05, 3.63) is 94.7 Å². The summed E-state index contributed by atoms with van der Waals surface area (Å²) in [5.74, 6) is 0.629. The van der Waals surface area contributed by atoms with E-state index in [4.69, 9.17) is 9.15 Å². The molecular weight excluding hydrogens is 500 g/mol. The van der Waals surface area contributed by atoms with E-state index < -0.39 is 28.4 Å². The van der Waals surface area contributed by atoms with E-state index in [2.05, 4.69) is 20.4 Å². The van der Waals surface area contributed by atoms with E-state index in [1.165, 1.54) is 18.4 Å². The highest BCUT2D eigenvalue weighted by atomic mass is 32.2. The zero-order valence-corrected chi connectivity index (χ0v) is 19.5. The normalized spacial score (nSPS) is 12.8. The minimum atomic E-state index is -4.61. The number of hydrogen-bond donors (Lipinski definition) is 1. The van der Waals surface area contributed by atoms with Gasteiger partial charge in [0.1, 0.15) is 30.1 Å². The van der Waals surface area contributed by atoms with Gasteiger partial charge in [0.2, 0.25) is 5.89 Å². The summed E-state index contributed by atoms with van der Waals surface area (Å²) in [6.07, 6.45) is 1.58. The smallest absolute Gasteiger partial charge is 0.416 e. The van der Waals surface area contributed by atoms with Crippen LogP contribution in [0.1, 0.15) is 34.0 Å². The zero-order chi connectivity index (χ0) is 25.5. The van der Waals surface area contributed by atoms with Crippen molar-refractivity contribution >= 4 is 23.0 Å². The van der Waals surface area contributed by atoms with E-state index in [9.17, 15) is 21.8 Å². The molecule has 2 aromatic heterocycles. The van der Waals surface area contributed by atoms with Gasteiger partial charge in [-0.05, 0) is 35.9 Å². The minimum absolute atomic E-state index is 0.0295. The molecule has 0 spiro atoms. The molecule has 4 aromatic rings. The first-order chi connectivity index (χ1) is 17.3. The highest BCUT2D eigenvalue weighted by Gasteiger charge is 2.31. The number of hydrogen-bond acceptors (Lipinski definition) is 6. The molecule has 0 amide bonds. The summed E-state index contributed by atoms with van der Waals surface area (Å²) in [6.45, 7) is 0.106.